The molecule has 0 fully saturated rings. The van der Waals surface area contributed by atoms with Crippen LogP contribution in [0.1, 0.15) is 19.4 Å². The zero-order valence-corrected chi connectivity index (χ0v) is 9.74. The lowest BCUT2D eigenvalue weighted by Crippen LogP contribution is -2.41. The van der Waals surface area contributed by atoms with Crippen molar-refractivity contribution in [1.82, 2.24) is 0 Å². The zero-order chi connectivity index (χ0) is 11.1. The standard InChI is InChI=1S/C13H17NO/c1-13(2)9-8-10-6-5-7-11(15-4)12(10)14(13)3/h5-9H,1-4H3. The van der Waals surface area contributed by atoms with E-state index in [1.807, 2.05) is 12.1 Å². The molecule has 0 radical (unpaired) electrons. The van der Waals surface area contributed by atoms with Gasteiger partial charge in [0.25, 0.3) is 0 Å². The molecule has 0 unspecified atom stereocenters. The van der Waals surface area contributed by atoms with Crippen LogP contribution in [0.4, 0.5) is 5.69 Å². The van der Waals surface area contributed by atoms with E-state index in [0.29, 0.717) is 0 Å². The maximum absolute atomic E-state index is 5.40. The van der Waals surface area contributed by atoms with Crippen molar-refractivity contribution in [3.8, 4) is 5.75 Å². The van der Waals surface area contributed by atoms with Crippen molar-refractivity contribution in [2.75, 3.05) is 19.1 Å². The molecule has 0 aromatic heterocycles. The number of para-hydroxylation sites is 1. The smallest absolute Gasteiger partial charge is 0.142 e. The Bertz CT molecular complexity index is 407. The molecular weight excluding hydrogens is 186 g/mol. The fourth-order valence-electron chi connectivity index (χ4n) is 1.89. The highest BCUT2D eigenvalue weighted by Crippen LogP contribution is 2.39. The quantitative estimate of drug-likeness (QED) is 0.695. The summed E-state index contributed by atoms with van der Waals surface area (Å²) in [5, 5.41) is 0. The molecule has 2 rings (SSSR count). The second kappa shape index (κ2) is 3.30. The normalized spacial score (nSPS) is 17.5. The lowest BCUT2D eigenvalue weighted by molar-refractivity contribution is 0.411. The van der Waals surface area contributed by atoms with E-state index in [4.69, 9.17) is 4.74 Å². The summed E-state index contributed by atoms with van der Waals surface area (Å²) in [4.78, 5) is 2.25. The van der Waals surface area contributed by atoms with E-state index in [1.54, 1.807) is 7.11 Å². The van der Waals surface area contributed by atoms with Gasteiger partial charge in [0.05, 0.1) is 18.3 Å². The van der Waals surface area contributed by atoms with Crippen LogP contribution in [0.15, 0.2) is 24.3 Å². The van der Waals surface area contributed by atoms with E-state index < -0.39 is 0 Å². The average Bonchev–Trinajstić information content (AvgIpc) is 2.23. The fraction of sp³-hybridized carbons (Fsp3) is 0.385. The number of likely N-dealkylation sites (N-methyl/N-ethyl adjacent to an activating group) is 1. The Morgan fingerprint density at radius 1 is 1.27 bits per heavy atom. The molecule has 1 aliphatic heterocycles. The Labute approximate surface area is 91.2 Å². The van der Waals surface area contributed by atoms with Gasteiger partial charge in [-0.2, -0.15) is 0 Å². The molecule has 0 bridgehead atoms. The first-order chi connectivity index (χ1) is 7.06. The first-order valence-corrected chi connectivity index (χ1v) is 5.16. The number of methoxy groups -OCH3 is 1. The number of anilines is 1. The minimum atomic E-state index is 0.0433. The van der Waals surface area contributed by atoms with Crippen molar-refractivity contribution in [2.24, 2.45) is 0 Å². The maximum Gasteiger partial charge on any atom is 0.142 e. The minimum Gasteiger partial charge on any atom is -0.495 e. The van der Waals surface area contributed by atoms with E-state index in [0.717, 1.165) is 5.75 Å². The van der Waals surface area contributed by atoms with Crippen molar-refractivity contribution < 1.29 is 4.74 Å². The number of nitrogens with zero attached hydrogens (tertiary/aromatic N) is 1. The number of hydrogen-bond donors (Lipinski definition) is 0. The molecule has 0 N–H and O–H groups in total. The number of hydrogen-bond acceptors (Lipinski definition) is 2. The van der Waals surface area contributed by atoms with E-state index in [2.05, 4.69) is 44.0 Å². The zero-order valence-electron chi connectivity index (χ0n) is 9.74. The Morgan fingerprint density at radius 2 is 2.00 bits per heavy atom. The van der Waals surface area contributed by atoms with Gasteiger partial charge in [0.15, 0.2) is 0 Å². The van der Waals surface area contributed by atoms with Crippen molar-refractivity contribution >= 4 is 11.8 Å². The third-order valence-electron chi connectivity index (χ3n) is 3.12. The summed E-state index contributed by atoms with van der Waals surface area (Å²) >= 11 is 0. The van der Waals surface area contributed by atoms with Crippen LogP contribution in [0.25, 0.3) is 6.08 Å². The highest BCUT2D eigenvalue weighted by Gasteiger charge is 2.27. The largest absolute Gasteiger partial charge is 0.495 e. The second-order valence-electron chi connectivity index (χ2n) is 4.44. The molecule has 0 spiro atoms. The molecule has 15 heavy (non-hydrogen) atoms. The minimum absolute atomic E-state index is 0.0433. The summed E-state index contributed by atoms with van der Waals surface area (Å²) < 4.78 is 5.40. The van der Waals surface area contributed by atoms with Gasteiger partial charge < -0.3 is 9.64 Å². The summed E-state index contributed by atoms with van der Waals surface area (Å²) in [6.45, 7) is 4.39. The van der Waals surface area contributed by atoms with Crippen LogP contribution in [-0.4, -0.2) is 19.7 Å². The molecule has 2 heteroatoms. The molecule has 0 saturated carbocycles. The van der Waals surface area contributed by atoms with Crippen molar-refractivity contribution in [3.05, 3.63) is 29.8 Å². The summed E-state index contributed by atoms with van der Waals surface area (Å²) in [5.41, 5.74) is 2.44. The summed E-state index contributed by atoms with van der Waals surface area (Å²) in [7, 11) is 3.82. The predicted octanol–water partition coefficient (Wildman–Crippen LogP) is 2.94. The van der Waals surface area contributed by atoms with E-state index in [9.17, 15) is 0 Å². The third kappa shape index (κ3) is 1.50. The van der Waals surface area contributed by atoms with Crippen LogP contribution in [0.5, 0.6) is 5.75 Å². The molecule has 2 nitrogen and oxygen atoms in total. The van der Waals surface area contributed by atoms with E-state index in [-0.39, 0.29) is 5.54 Å². The summed E-state index contributed by atoms with van der Waals surface area (Å²) in [6.07, 6.45) is 4.38. The molecule has 1 aliphatic rings. The average molecular weight is 203 g/mol. The van der Waals surface area contributed by atoms with Crippen LogP contribution in [0.3, 0.4) is 0 Å². The molecule has 0 saturated heterocycles. The van der Waals surface area contributed by atoms with Crippen molar-refractivity contribution in [2.45, 2.75) is 19.4 Å². The van der Waals surface area contributed by atoms with Gasteiger partial charge in [-0.3, -0.25) is 0 Å². The van der Waals surface area contributed by atoms with Crippen LogP contribution in [0, 0.1) is 0 Å². The molecular formula is C13H17NO. The Kier molecular flexibility index (Phi) is 2.22. The molecule has 0 aliphatic carbocycles. The second-order valence-corrected chi connectivity index (χ2v) is 4.44. The van der Waals surface area contributed by atoms with Crippen molar-refractivity contribution in [3.63, 3.8) is 0 Å². The lowest BCUT2D eigenvalue weighted by Gasteiger charge is -2.39. The van der Waals surface area contributed by atoms with Gasteiger partial charge in [-0.1, -0.05) is 24.3 Å². The predicted molar refractivity (Wildman–Crippen MR) is 64.5 cm³/mol. The summed E-state index contributed by atoms with van der Waals surface area (Å²) in [6, 6.07) is 6.14. The van der Waals surface area contributed by atoms with Gasteiger partial charge in [0.2, 0.25) is 0 Å². The number of ether oxygens (including phenoxy) is 1. The van der Waals surface area contributed by atoms with Gasteiger partial charge in [-0.05, 0) is 19.9 Å². The Hall–Kier alpha value is -1.44. The van der Waals surface area contributed by atoms with Gasteiger partial charge in [-0.25, -0.2) is 0 Å². The Balaban J connectivity index is 2.61. The first-order valence-electron chi connectivity index (χ1n) is 5.16. The molecule has 1 heterocycles. The van der Waals surface area contributed by atoms with Gasteiger partial charge >= 0.3 is 0 Å². The molecule has 80 valence electrons. The molecule has 0 amide bonds. The topological polar surface area (TPSA) is 12.5 Å². The van der Waals surface area contributed by atoms with Crippen LogP contribution in [-0.2, 0) is 0 Å². The third-order valence-corrected chi connectivity index (χ3v) is 3.12. The monoisotopic (exact) mass is 203 g/mol. The lowest BCUT2D eigenvalue weighted by atomic mass is 9.94. The number of rotatable bonds is 1. The van der Waals surface area contributed by atoms with Gasteiger partial charge in [0.1, 0.15) is 5.75 Å². The SMILES string of the molecule is COc1cccc2c1N(C)C(C)(C)C=C2. The number of benzene rings is 1. The maximum atomic E-state index is 5.40. The van der Waals surface area contributed by atoms with Crippen LogP contribution >= 0.6 is 0 Å². The molecule has 1 aromatic rings. The van der Waals surface area contributed by atoms with Gasteiger partial charge in [-0.15, -0.1) is 0 Å². The van der Waals surface area contributed by atoms with E-state index in [1.165, 1.54) is 11.3 Å². The van der Waals surface area contributed by atoms with Gasteiger partial charge in [0, 0.05) is 12.6 Å². The van der Waals surface area contributed by atoms with E-state index >= 15 is 0 Å². The Morgan fingerprint density at radius 3 is 2.67 bits per heavy atom. The van der Waals surface area contributed by atoms with Crippen LogP contribution in [0.2, 0.25) is 0 Å². The number of fused-ring (bicyclic) bond motifs is 1. The molecule has 1 aromatic carbocycles. The fourth-order valence-corrected chi connectivity index (χ4v) is 1.89. The highest BCUT2D eigenvalue weighted by molar-refractivity contribution is 5.78. The summed E-state index contributed by atoms with van der Waals surface area (Å²) in [5.74, 6) is 0.937. The highest BCUT2D eigenvalue weighted by atomic mass is 16.5. The molecule has 0 atom stereocenters. The van der Waals surface area contributed by atoms with Crippen molar-refractivity contribution in [1.29, 1.82) is 0 Å². The van der Waals surface area contributed by atoms with Crippen LogP contribution < -0.4 is 9.64 Å². The first kappa shape index (κ1) is 10.1.